The summed E-state index contributed by atoms with van der Waals surface area (Å²) in [6.45, 7) is 8.92. The monoisotopic (exact) mass is 346 g/mol. The molecule has 4 saturated carbocycles. The number of aliphatic hydroxyl groups is 1. The second-order valence-corrected chi connectivity index (χ2v) is 10.9. The molecule has 0 radical (unpaired) electrons. The van der Waals surface area contributed by atoms with Crippen LogP contribution in [0, 0.1) is 40.4 Å². The third-order valence-electron chi connectivity index (χ3n) is 9.77. The zero-order valence-corrected chi connectivity index (χ0v) is 16.8. The number of rotatable bonds is 1. The molecule has 4 unspecified atom stereocenters. The molecule has 4 aliphatic rings. The summed E-state index contributed by atoms with van der Waals surface area (Å²) >= 11 is 0. The Morgan fingerprint density at radius 3 is 2.36 bits per heavy atom. The molecular formula is C23H38O2. The van der Waals surface area contributed by atoms with E-state index in [2.05, 4.69) is 20.8 Å². The van der Waals surface area contributed by atoms with Crippen molar-refractivity contribution >= 4 is 5.78 Å². The Hall–Kier alpha value is -0.370. The average molecular weight is 347 g/mol. The van der Waals surface area contributed by atoms with Crippen molar-refractivity contribution in [2.24, 2.45) is 40.4 Å². The van der Waals surface area contributed by atoms with Crippen LogP contribution < -0.4 is 0 Å². The lowest BCUT2D eigenvalue weighted by atomic mass is 9.46. The summed E-state index contributed by atoms with van der Waals surface area (Å²) in [4.78, 5) is 12.8. The molecule has 0 saturated heterocycles. The van der Waals surface area contributed by atoms with Gasteiger partial charge in [-0.2, -0.15) is 0 Å². The molecule has 0 aliphatic heterocycles. The fourth-order valence-electron chi connectivity index (χ4n) is 8.21. The molecule has 0 aromatic rings. The van der Waals surface area contributed by atoms with E-state index in [0.29, 0.717) is 34.9 Å². The van der Waals surface area contributed by atoms with Crippen molar-refractivity contribution in [2.45, 2.75) is 97.5 Å². The number of fused-ring (bicyclic) bond motifs is 5. The Morgan fingerprint density at radius 2 is 1.64 bits per heavy atom. The summed E-state index contributed by atoms with van der Waals surface area (Å²) in [6, 6.07) is 0. The molecule has 25 heavy (non-hydrogen) atoms. The first-order valence-electron chi connectivity index (χ1n) is 10.9. The van der Waals surface area contributed by atoms with Crippen LogP contribution in [0.5, 0.6) is 0 Å². The predicted octanol–water partition coefficient (Wildman–Crippen LogP) is 5.38. The van der Waals surface area contributed by atoms with Crippen molar-refractivity contribution in [2.75, 3.05) is 0 Å². The molecule has 0 aromatic heterocycles. The van der Waals surface area contributed by atoms with Gasteiger partial charge in [0.15, 0.2) is 0 Å². The van der Waals surface area contributed by atoms with E-state index in [1.165, 1.54) is 44.9 Å². The topological polar surface area (TPSA) is 37.3 Å². The minimum absolute atomic E-state index is 0.177. The standard InChI is InChI=1S/C23H38O2/c1-15(24)18-14-16-8-5-6-9-17(16)20-19(18)22(3)11-7-10-21(22,2)12-13-23(20,4)25/h16-20,25H,5-14H2,1-4H3/t16?,17?,18-,19?,20?,21+,22+,23-/m1/s1. The number of ketones is 1. The Kier molecular flexibility index (Phi) is 4.19. The molecule has 2 heteroatoms. The number of hydrogen-bond donors (Lipinski definition) is 1. The lowest BCUT2D eigenvalue weighted by Gasteiger charge is -2.58. The van der Waals surface area contributed by atoms with Crippen LogP contribution in [-0.4, -0.2) is 16.5 Å². The molecule has 142 valence electrons. The van der Waals surface area contributed by atoms with E-state index in [1.807, 2.05) is 6.92 Å². The molecule has 4 aliphatic carbocycles. The molecule has 4 fully saturated rings. The van der Waals surface area contributed by atoms with Crippen molar-refractivity contribution in [3.63, 3.8) is 0 Å². The van der Waals surface area contributed by atoms with Gasteiger partial charge in [-0.15, -0.1) is 0 Å². The summed E-state index contributed by atoms with van der Waals surface area (Å²) in [5.41, 5.74) is -0.0854. The minimum atomic E-state index is -0.602. The van der Waals surface area contributed by atoms with Crippen LogP contribution >= 0.6 is 0 Å². The molecule has 1 N–H and O–H groups in total. The van der Waals surface area contributed by atoms with Gasteiger partial charge in [-0.05, 0) is 86.9 Å². The highest BCUT2D eigenvalue weighted by Crippen LogP contribution is 2.69. The predicted molar refractivity (Wildman–Crippen MR) is 101 cm³/mol. The largest absolute Gasteiger partial charge is 0.390 e. The zero-order chi connectivity index (χ0) is 18.0. The number of Topliss-reactive ketones (excluding diaryl/α,β-unsaturated/α-hetero) is 1. The van der Waals surface area contributed by atoms with Crippen molar-refractivity contribution < 1.29 is 9.90 Å². The van der Waals surface area contributed by atoms with Crippen LogP contribution in [0.3, 0.4) is 0 Å². The van der Waals surface area contributed by atoms with Gasteiger partial charge in [-0.25, -0.2) is 0 Å². The molecule has 8 atom stereocenters. The van der Waals surface area contributed by atoms with Gasteiger partial charge in [0, 0.05) is 5.92 Å². The van der Waals surface area contributed by atoms with Crippen LogP contribution in [0.1, 0.15) is 91.9 Å². The molecule has 0 amide bonds. The fraction of sp³-hybridized carbons (Fsp3) is 0.957. The van der Waals surface area contributed by atoms with Crippen molar-refractivity contribution in [1.29, 1.82) is 0 Å². The first-order chi connectivity index (χ1) is 11.7. The van der Waals surface area contributed by atoms with E-state index < -0.39 is 5.60 Å². The summed E-state index contributed by atoms with van der Waals surface area (Å²) in [6.07, 6.45) is 12.2. The highest BCUT2D eigenvalue weighted by atomic mass is 16.3. The van der Waals surface area contributed by atoms with E-state index in [9.17, 15) is 9.90 Å². The maximum absolute atomic E-state index is 12.8. The lowest BCUT2D eigenvalue weighted by Crippen LogP contribution is -2.57. The van der Waals surface area contributed by atoms with Gasteiger partial charge in [0.2, 0.25) is 0 Å². The second kappa shape index (κ2) is 5.81. The van der Waals surface area contributed by atoms with Gasteiger partial charge in [-0.1, -0.05) is 39.5 Å². The van der Waals surface area contributed by atoms with Crippen LogP contribution in [0.15, 0.2) is 0 Å². The van der Waals surface area contributed by atoms with Gasteiger partial charge in [0.1, 0.15) is 5.78 Å². The molecule has 0 spiro atoms. The van der Waals surface area contributed by atoms with E-state index in [-0.39, 0.29) is 11.3 Å². The molecule has 0 aromatic carbocycles. The summed E-state index contributed by atoms with van der Waals surface area (Å²) in [7, 11) is 0. The second-order valence-electron chi connectivity index (χ2n) is 10.9. The molecule has 0 bridgehead atoms. The van der Waals surface area contributed by atoms with Crippen LogP contribution in [0.25, 0.3) is 0 Å². The minimum Gasteiger partial charge on any atom is -0.390 e. The molecule has 2 nitrogen and oxygen atoms in total. The van der Waals surface area contributed by atoms with E-state index >= 15 is 0 Å². The van der Waals surface area contributed by atoms with Gasteiger partial charge in [0.05, 0.1) is 5.60 Å². The molecule has 4 rings (SSSR count). The fourth-order valence-corrected chi connectivity index (χ4v) is 8.21. The Labute approximate surface area is 154 Å². The van der Waals surface area contributed by atoms with Crippen LogP contribution in [-0.2, 0) is 4.79 Å². The Bertz CT molecular complexity index is 552. The average Bonchev–Trinajstić information content (AvgIpc) is 2.84. The molecule has 0 heterocycles. The number of hydrogen-bond acceptors (Lipinski definition) is 2. The Morgan fingerprint density at radius 1 is 0.920 bits per heavy atom. The van der Waals surface area contributed by atoms with Crippen molar-refractivity contribution in [3.05, 3.63) is 0 Å². The third-order valence-corrected chi connectivity index (χ3v) is 9.77. The number of carbonyl (C=O) groups is 1. The van der Waals surface area contributed by atoms with Crippen molar-refractivity contribution in [3.8, 4) is 0 Å². The van der Waals surface area contributed by atoms with E-state index in [0.717, 1.165) is 19.3 Å². The van der Waals surface area contributed by atoms with Crippen LogP contribution in [0.4, 0.5) is 0 Å². The highest BCUT2D eigenvalue weighted by molar-refractivity contribution is 5.79. The normalized spacial score (nSPS) is 55.6. The molecular weight excluding hydrogens is 308 g/mol. The summed E-state index contributed by atoms with van der Waals surface area (Å²) in [5.74, 6) is 2.59. The summed E-state index contributed by atoms with van der Waals surface area (Å²) in [5, 5.41) is 11.7. The quantitative estimate of drug-likeness (QED) is 0.692. The van der Waals surface area contributed by atoms with Crippen LogP contribution in [0.2, 0.25) is 0 Å². The number of carbonyl (C=O) groups excluding carboxylic acids is 1. The van der Waals surface area contributed by atoms with Gasteiger partial charge < -0.3 is 5.11 Å². The Balaban J connectivity index is 1.86. The van der Waals surface area contributed by atoms with Gasteiger partial charge in [-0.3, -0.25) is 4.79 Å². The van der Waals surface area contributed by atoms with Gasteiger partial charge in [0.25, 0.3) is 0 Å². The smallest absolute Gasteiger partial charge is 0.133 e. The lowest BCUT2D eigenvalue weighted by molar-refractivity contribution is -0.159. The van der Waals surface area contributed by atoms with Gasteiger partial charge >= 0.3 is 0 Å². The third kappa shape index (κ3) is 2.49. The maximum Gasteiger partial charge on any atom is 0.133 e. The van der Waals surface area contributed by atoms with E-state index in [4.69, 9.17) is 0 Å². The summed E-state index contributed by atoms with van der Waals surface area (Å²) < 4.78 is 0. The SMILES string of the molecule is CC(=O)[C@H]1CC2CCCCC2C2C1[C@]1(C)CCC[C@@]1(C)CC[C@@]2(C)O. The zero-order valence-electron chi connectivity index (χ0n) is 16.8. The van der Waals surface area contributed by atoms with E-state index in [1.54, 1.807) is 0 Å². The maximum atomic E-state index is 12.8. The first kappa shape index (κ1) is 18.0. The first-order valence-corrected chi connectivity index (χ1v) is 10.9. The van der Waals surface area contributed by atoms with Crippen molar-refractivity contribution in [1.82, 2.24) is 0 Å². The highest BCUT2D eigenvalue weighted by Gasteiger charge is 2.65.